The molecule has 0 bridgehead atoms. The monoisotopic (exact) mass is 220 g/mol. The summed E-state index contributed by atoms with van der Waals surface area (Å²) in [6, 6.07) is 4.19. The van der Waals surface area contributed by atoms with Crippen molar-refractivity contribution in [3.63, 3.8) is 0 Å². The van der Waals surface area contributed by atoms with E-state index in [2.05, 4.69) is 22.0 Å². The molecule has 0 radical (unpaired) electrons. The lowest BCUT2D eigenvalue weighted by Gasteiger charge is -2.57. The van der Waals surface area contributed by atoms with E-state index >= 15 is 0 Å². The molecule has 0 N–H and O–H groups in total. The van der Waals surface area contributed by atoms with Gasteiger partial charge in [-0.25, -0.2) is 4.39 Å². The summed E-state index contributed by atoms with van der Waals surface area (Å²) in [4.78, 5) is 6.59. The van der Waals surface area contributed by atoms with Crippen molar-refractivity contribution in [1.82, 2.24) is 9.88 Å². The molecular weight excluding hydrogens is 203 g/mol. The maximum Gasteiger partial charge on any atom is 0.101 e. The number of nitrogens with zero attached hydrogens (tertiary/aromatic N) is 2. The van der Waals surface area contributed by atoms with Gasteiger partial charge in [0.1, 0.15) is 6.17 Å². The van der Waals surface area contributed by atoms with Crippen LogP contribution in [0.4, 0.5) is 4.39 Å². The minimum atomic E-state index is -0.523. The van der Waals surface area contributed by atoms with Gasteiger partial charge in [0.2, 0.25) is 0 Å². The van der Waals surface area contributed by atoms with Crippen LogP contribution < -0.4 is 0 Å². The highest BCUT2D eigenvalue weighted by Crippen LogP contribution is 2.49. The summed E-state index contributed by atoms with van der Waals surface area (Å²) in [5.41, 5.74) is 2.74. The number of pyridine rings is 1. The van der Waals surface area contributed by atoms with Crippen molar-refractivity contribution in [3.8, 4) is 0 Å². The molecule has 0 atom stereocenters. The average molecular weight is 220 g/mol. The zero-order valence-corrected chi connectivity index (χ0v) is 9.62. The molecular formula is C13H17FN2. The Labute approximate surface area is 95.5 Å². The zero-order valence-electron chi connectivity index (χ0n) is 9.62. The van der Waals surface area contributed by atoms with Crippen molar-refractivity contribution in [3.05, 3.63) is 29.6 Å². The second-order valence-electron chi connectivity index (χ2n) is 5.46. The van der Waals surface area contributed by atoms with Gasteiger partial charge in [-0.3, -0.25) is 9.88 Å². The average Bonchev–Trinajstić information content (AvgIpc) is 2.12. The predicted octanol–water partition coefficient (Wildman–Crippen LogP) is 2.32. The maximum atomic E-state index is 12.8. The topological polar surface area (TPSA) is 16.1 Å². The minimum Gasteiger partial charge on any atom is -0.298 e. The number of hydrogen-bond acceptors (Lipinski definition) is 2. The number of aromatic nitrogens is 1. The van der Waals surface area contributed by atoms with Crippen molar-refractivity contribution in [2.45, 2.75) is 32.5 Å². The van der Waals surface area contributed by atoms with Crippen LogP contribution in [-0.4, -0.2) is 29.1 Å². The zero-order chi connectivity index (χ0) is 11.2. The first-order chi connectivity index (χ1) is 7.65. The molecule has 1 aromatic heterocycles. The third-order valence-electron chi connectivity index (χ3n) is 3.79. The molecule has 3 heteroatoms. The standard InChI is InChI=1S/C13H17FN2/c1-10-4-11(2-3-15-10)7-16-8-13(9-16)5-12(14)6-13/h2-4,12H,5-9H2,1H3. The molecule has 1 saturated carbocycles. The summed E-state index contributed by atoms with van der Waals surface area (Å²) >= 11 is 0. The fourth-order valence-corrected chi connectivity index (χ4v) is 3.11. The molecule has 1 aliphatic carbocycles. The van der Waals surface area contributed by atoms with E-state index in [-0.39, 0.29) is 0 Å². The second kappa shape index (κ2) is 3.52. The fraction of sp³-hybridized carbons (Fsp3) is 0.615. The van der Waals surface area contributed by atoms with Crippen molar-refractivity contribution in [1.29, 1.82) is 0 Å². The van der Waals surface area contributed by atoms with E-state index < -0.39 is 6.17 Å². The van der Waals surface area contributed by atoms with Crippen LogP contribution in [0.25, 0.3) is 0 Å². The quantitative estimate of drug-likeness (QED) is 0.760. The Morgan fingerprint density at radius 3 is 2.88 bits per heavy atom. The lowest BCUT2D eigenvalue weighted by Crippen LogP contribution is -2.62. The molecule has 86 valence electrons. The van der Waals surface area contributed by atoms with Crippen LogP contribution in [0, 0.1) is 12.3 Å². The Morgan fingerprint density at radius 2 is 2.25 bits per heavy atom. The molecule has 2 nitrogen and oxygen atoms in total. The Balaban J connectivity index is 1.55. The normalized spacial score (nSPS) is 24.1. The minimum absolute atomic E-state index is 0.349. The van der Waals surface area contributed by atoms with E-state index in [1.54, 1.807) is 0 Å². The van der Waals surface area contributed by atoms with Gasteiger partial charge in [-0.05, 0) is 37.5 Å². The fourth-order valence-electron chi connectivity index (χ4n) is 3.11. The van der Waals surface area contributed by atoms with Crippen LogP contribution in [0.3, 0.4) is 0 Å². The van der Waals surface area contributed by atoms with E-state index in [1.807, 2.05) is 13.1 Å². The number of likely N-dealkylation sites (tertiary alicyclic amines) is 1. The van der Waals surface area contributed by atoms with Crippen molar-refractivity contribution in [2.75, 3.05) is 13.1 Å². The SMILES string of the molecule is Cc1cc(CN2CC3(CC(F)C3)C2)ccn1. The van der Waals surface area contributed by atoms with Gasteiger partial charge in [0.25, 0.3) is 0 Å². The largest absolute Gasteiger partial charge is 0.298 e. The van der Waals surface area contributed by atoms with Gasteiger partial charge in [0.15, 0.2) is 0 Å². The number of alkyl halides is 1. The van der Waals surface area contributed by atoms with Crippen LogP contribution in [-0.2, 0) is 6.54 Å². The van der Waals surface area contributed by atoms with E-state index in [4.69, 9.17) is 0 Å². The number of halogens is 1. The van der Waals surface area contributed by atoms with Gasteiger partial charge in [0.05, 0.1) is 0 Å². The molecule has 1 aliphatic heterocycles. The summed E-state index contributed by atoms with van der Waals surface area (Å²) in [7, 11) is 0. The number of rotatable bonds is 2. The maximum absolute atomic E-state index is 12.8. The Morgan fingerprint density at radius 1 is 1.50 bits per heavy atom. The van der Waals surface area contributed by atoms with Crippen molar-refractivity contribution < 1.29 is 4.39 Å². The Hall–Kier alpha value is -0.960. The highest BCUT2D eigenvalue weighted by molar-refractivity contribution is 5.16. The molecule has 2 aliphatic rings. The van der Waals surface area contributed by atoms with E-state index in [0.29, 0.717) is 5.41 Å². The predicted molar refractivity (Wildman–Crippen MR) is 60.8 cm³/mol. The van der Waals surface area contributed by atoms with Crippen molar-refractivity contribution in [2.24, 2.45) is 5.41 Å². The summed E-state index contributed by atoms with van der Waals surface area (Å²) in [6.07, 6.45) is 2.92. The second-order valence-corrected chi connectivity index (χ2v) is 5.46. The van der Waals surface area contributed by atoms with Gasteiger partial charge < -0.3 is 0 Å². The lowest BCUT2D eigenvalue weighted by atomic mass is 9.62. The first-order valence-electron chi connectivity index (χ1n) is 5.93. The van der Waals surface area contributed by atoms with Gasteiger partial charge in [-0.1, -0.05) is 0 Å². The highest BCUT2D eigenvalue weighted by Gasteiger charge is 2.52. The van der Waals surface area contributed by atoms with E-state index in [0.717, 1.165) is 38.2 Å². The third-order valence-corrected chi connectivity index (χ3v) is 3.79. The first kappa shape index (κ1) is 10.2. The molecule has 2 heterocycles. The molecule has 0 amide bonds. The van der Waals surface area contributed by atoms with Gasteiger partial charge in [-0.2, -0.15) is 0 Å². The molecule has 2 fully saturated rings. The van der Waals surface area contributed by atoms with Gasteiger partial charge >= 0.3 is 0 Å². The van der Waals surface area contributed by atoms with Crippen LogP contribution in [0.5, 0.6) is 0 Å². The molecule has 0 aromatic carbocycles. The lowest BCUT2D eigenvalue weighted by molar-refractivity contribution is -0.105. The third kappa shape index (κ3) is 1.73. The highest BCUT2D eigenvalue weighted by atomic mass is 19.1. The molecule has 1 spiro atoms. The number of hydrogen-bond donors (Lipinski definition) is 0. The molecule has 1 aromatic rings. The molecule has 0 unspecified atom stereocenters. The first-order valence-corrected chi connectivity index (χ1v) is 5.93. The Kier molecular flexibility index (Phi) is 2.25. The summed E-state index contributed by atoms with van der Waals surface area (Å²) in [5, 5.41) is 0. The summed E-state index contributed by atoms with van der Waals surface area (Å²) < 4.78 is 12.8. The van der Waals surface area contributed by atoms with Crippen LogP contribution in [0.1, 0.15) is 24.1 Å². The van der Waals surface area contributed by atoms with Gasteiger partial charge in [0, 0.05) is 36.9 Å². The molecule has 16 heavy (non-hydrogen) atoms. The van der Waals surface area contributed by atoms with Crippen LogP contribution in [0.15, 0.2) is 18.3 Å². The van der Waals surface area contributed by atoms with E-state index in [9.17, 15) is 4.39 Å². The van der Waals surface area contributed by atoms with Crippen molar-refractivity contribution >= 4 is 0 Å². The summed E-state index contributed by atoms with van der Waals surface area (Å²) in [5.74, 6) is 0. The van der Waals surface area contributed by atoms with Gasteiger partial charge in [-0.15, -0.1) is 0 Å². The molecule has 3 rings (SSSR count). The summed E-state index contributed by atoms with van der Waals surface area (Å²) in [6.45, 7) is 5.16. The Bertz CT molecular complexity index is 391. The van der Waals surface area contributed by atoms with Crippen LogP contribution in [0.2, 0.25) is 0 Å². The van der Waals surface area contributed by atoms with E-state index in [1.165, 1.54) is 5.56 Å². The smallest absolute Gasteiger partial charge is 0.101 e. The molecule has 1 saturated heterocycles. The number of aryl methyl sites for hydroxylation is 1. The van der Waals surface area contributed by atoms with Crippen LogP contribution >= 0.6 is 0 Å².